The van der Waals surface area contributed by atoms with Gasteiger partial charge in [0.1, 0.15) is 6.61 Å². The van der Waals surface area contributed by atoms with E-state index in [0.29, 0.717) is 5.69 Å². The zero-order valence-electron chi connectivity index (χ0n) is 9.93. The predicted octanol–water partition coefficient (Wildman–Crippen LogP) is 1.66. The van der Waals surface area contributed by atoms with E-state index in [2.05, 4.69) is 0 Å². The van der Waals surface area contributed by atoms with Crippen LogP contribution in [0.2, 0.25) is 0 Å². The van der Waals surface area contributed by atoms with Gasteiger partial charge in [-0.05, 0) is 38.1 Å². The highest BCUT2D eigenvalue weighted by Crippen LogP contribution is 2.19. The summed E-state index contributed by atoms with van der Waals surface area (Å²) in [4.78, 5) is 13.5. The molecule has 1 aromatic rings. The molecular weight excluding hydrogens is 204 g/mol. The van der Waals surface area contributed by atoms with Crippen molar-refractivity contribution in [2.45, 2.75) is 19.9 Å². The number of nitrogens with two attached hydrogens (primary N) is 1. The van der Waals surface area contributed by atoms with Gasteiger partial charge in [0.25, 0.3) is 5.91 Å². The molecule has 0 aromatic heterocycles. The highest BCUT2D eigenvalue weighted by molar-refractivity contribution is 5.94. The molecule has 0 bridgehead atoms. The number of rotatable bonds is 4. The van der Waals surface area contributed by atoms with Gasteiger partial charge >= 0.3 is 0 Å². The lowest BCUT2D eigenvalue weighted by atomic mass is 10.2. The third kappa shape index (κ3) is 2.97. The Labute approximate surface area is 96.0 Å². The SMILES string of the molecule is COCC(=O)N(c1ccc(N)cc1)C(C)C. The van der Waals surface area contributed by atoms with E-state index in [4.69, 9.17) is 10.5 Å². The Morgan fingerprint density at radius 3 is 2.38 bits per heavy atom. The van der Waals surface area contributed by atoms with E-state index in [-0.39, 0.29) is 18.6 Å². The van der Waals surface area contributed by atoms with Crippen LogP contribution in [0.15, 0.2) is 24.3 Å². The molecule has 1 aromatic carbocycles. The summed E-state index contributed by atoms with van der Waals surface area (Å²) in [6, 6.07) is 7.33. The molecule has 0 radical (unpaired) electrons. The van der Waals surface area contributed by atoms with Gasteiger partial charge in [-0.15, -0.1) is 0 Å². The Bertz CT molecular complexity index is 347. The number of hydrogen-bond donors (Lipinski definition) is 1. The van der Waals surface area contributed by atoms with Crippen molar-refractivity contribution in [3.8, 4) is 0 Å². The minimum atomic E-state index is -0.0535. The molecule has 0 aliphatic rings. The summed E-state index contributed by atoms with van der Waals surface area (Å²) >= 11 is 0. The van der Waals surface area contributed by atoms with Crippen LogP contribution in [0, 0.1) is 0 Å². The van der Waals surface area contributed by atoms with E-state index in [0.717, 1.165) is 5.69 Å². The second-order valence-corrected chi connectivity index (χ2v) is 3.88. The lowest BCUT2D eigenvalue weighted by molar-refractivity contribution is -0.122. The number of carbonyl (C=O) groups is 1. The second kappa shape index (κ2) is 5.51. The molecule has 1 amide bonds. The van der Waals surface area contributed by atoms with Crippen LogP contribution in [0.1, 0.15) is 13.8 Å². The van der Waals surface area contributed by atoms with Crippen LogP contribution in [0.4, 0.5) is 11.4 Å². The number of nitrogen functional groups attached to an aromatic ring is 1. The summed E-state index contributed by atoms with van der Waals surface area (Å²) in [5.74, 6) is -0.0535. The zero-order chi connectivity index (χ0) is 12.1. The van der Waals surface area contributed by atoms with Crippen LogP contribution < -0.4 is 10.6 Å². The maximum absolute atomic E-state index is 11.8. The van der Waals surface area contributed by atoms with E-state index in [1.165, 1.54) is 7.11 Å². The summed E-state index contributed by atoms with van der Waals surface area (Å²) in [5.41, 5.74) is 7.14. The third-order valence-corrected chi connectivity index (χ3v) is 2.22. The van der Waals surface area contributed by atoms with Gasteiger partial charge in [0.2, 0.25) is 0 Å². The number of methoxy groups -OCH3 is 1. The first-order chi connectivity index (χ1) is 7.56. The molecule has 4 heteroatoms. The van der Waals surface area contributed by atoms with Gasteiger partial charge in [0, 0.05) is 24.5 Å². The smallest absolute Gasteiger partial charge is 0.253 e. The number of carbonyl (C=O) groups excluding carboxylic acids is 1. The fraction of sp³-hybridized carbons (Fsp3) is 0.417. The molecule has 0 saturated heterocycles. The highest BCUT2D eigenvalue weighted by Gasteiger charge is 2.18. The van der Waals surface area contributed by atoms with Crippen LogP contribution >= 0.6 is 0 Å². The van der Waals surface area contributed by atoms with Gasteiger partial charge < -0.3 is 15.4 Å². The molecular formula is C12H18N2O2. The first-order valence-corrected chi connectivity index (χ1v) is 5.22. The van der Waals surface area contributed by atoms with Gasteiger partial charge in [-0.3, -0.25) is 4.79 Å². The van der Waals surface area contributed by atoms with Crippen molar-refractivity contribution in [1.29, 1.82) is 0 Å². The van der Waals surface area contributed by atoms with Gasteiger partial charge in [-0.2, -0.15) is 0 Å². The van der Waals surface area contributed by atoms with E-state index < -0.39 is 0 Å². The molecule has 0 spiro atoms. The summed E-state index contributed by atoms with van der Waals surface area (Å²) in [7, 11) is 1.51. The standard InChI is InChI=1S/C12H18N2O2/c1-9(2)14(12(15)8-16-3)11-6-4-10(13)5-7-11/h4-7,9H,8,13H2,1-3H3. The highest BCUT2D eigenvalue weighted by atomic mass is 16.5. The molecule has 0 aliphatic carbocycles. The van der Waals surface area contributed by atoms with E-state index in [1.54, 1.807) is 17.0 Å². The molecule has 88 valence electrons. The van der Waals surface area contributed by atoms with Crippen molar-refractivity contribution < 1.29 is 9.53 Å². The normalized spacial score (nSPS) is 10.5. The first-order valence-electron chi connectivity index (χ1n) is 5.22. The number of ether oxygens (including phenoxy) is 1. The van der Waals surface area contributed by atoms with Crippen molar-refractivity contribution in [3.05, 3.63) is 24.3 Å². The van der Waals surface area contributed by atoms with Gasteiger partial charge in [-0.25, -0.2) is 0 Å². The summed E-state index contributed by atoms with van der Waals surface area (Å²) < 4.78 is 4.86. The Morgan fingerprint density at radius 2 is 1.94 bits per heavy atom. The molecule has 0 saturated carbocycles. The Kier molecular flexibility index (Phi) is 4.31. The Balaban J connectivity index is 2.93. The summed E-state index contributed by atoms with van der Waals surface area (Å²) in [5, 5.41) is 0. The first kappa shape index (κ1) is 12.5. The summed E-state index contributed by atoms with van der Waals surface area (Å²) in [6.45, 7) is 4.01. The van der Waals surface area contributed by atoms with Crippen molar-refractivity contribution in [3.63, 3.8) is 0 Å². The van der Waals surface area contributed by atoms with Crippen LogP contribution in [-0.2, 0) is 9.53 Å². The maximum Gasteiger partial charge on any atom is 0.253 e. The minimum Gasteiger partial charge on any atom is -0.399 e. The van der Waals surface area contributed by atoms with Gasteiger partial charge in [0.05, 0.1) is 0 Å². The van der Waals surface area contributed by atoms with Crippen LogP contribution in [-0.4, -0.2) is 25.7 Å². The van der Waals surface area contributed by atoms with Crippen molar-refractivity contribution in [1.82, 2.24) is 0 Å². The molecule has 0 aliphatic heterocycles. The van der Waals surface area contributed by atoms with E-state index in [9.17, 15) is 4.79 Å². The topological polar surface area (TPSA) is 55.6 Å². The van der Waals surface area contributed by atoms with Crippen LogP contribution in [0.5, 0.6) is 0 Å². The molecule has 0 heterocycles. The monoisotopic (exact) mass is 222 g/mol. The van der Waals surface area contributed by atoms with Crippen molar-refractivity contribution in [2.24, 2.45) is 0 Å². The maximum atomic E-state index is 11.8. The fourth-order valence-electron chi connectivity index (χ4n) is 1.56. The van der Waals surface area contributed by atoms with E-state index >= 15 is 0 Å². The van der Waals surface area contributed by atoms with E-state index in [1.807, 2.05) is 26.0 Å². The number of hydrogen-bond acceptors (Lipinski definition) is 3. The van der Waals surface area contributed by atoms with Crippen molar-refractivity contribution >= 4 is 17.3 Å². The Hall–Kier alpha value is -1.55. The molecule has 1 rings (SSSR count). The average Bonchev–Trinajstić information content (AvgIpc) is 2.21. The van der Waals surface area contributed by atoms with Crippen LogP contribution in [0.25, 0.3) is 0 Å². The Morgan fingerprint density at radius 1 is 1.38 bits per heavy atom. The van der Waals surface area contributed by atoms with Gasteiger partial charge in [-0.1, -0.05) is 0 Å². The molecule has 0 fully saturated rings. The number of anilines is 2. The molecule has 16 heavy (non-hydrogen) atoms. The average molecular weight is 222 g/mol. The van der Waals surface area contributed by atoms with Crippen LogP contribution in [0.3, 0.4) is 0 Å². The number of nitrogens with zero attached hydrogens (tertiary/aromatic N) is 1. The van der Waals surface area contributed by atoms with Gasteiger partial charge in [0.15, 0.2) is 0 Å². The number of benzene rings is 1. The molecule has 2 N–H and O–H groups in total. The lowest BCUT2D eigenvalue weighted by Crippen LogP contribution is -2.39. The third-order valence-electron chi connectivity index (χ3n) is 2.22. The quantitative estimate of drug-likeness (QED) is 0.788. The second-order valence-electron chi connectivity index (χ2n) is 3.88. The summed E-state index contributed by atoms with van der Waals surface area (Å²) in [6.07, 6.45) is 0. The van der Waals surface area contributed by atoms with Crippen molar-refractivity contribution in [2.75, 3.05) is 24.4 Å². The zero-order valence-corrected chi connectivity index (χ0v) is 9.93. The predicted molar refractivity (Wildman–Crippen MR) is 65.4 cm³/mol. The molecule has 4 nitrogen and oxygen atoms in total. The molecule has 0 unspecified atom stereocenters. The molecule has 0 atom stereocenters. The largest absolute Gasteiger partial charge is 0.399 e. The fourth-order valence-corrected chi connectivity index (χ4v) is 1.56. The number of amides is 1. The minimum absolute atomic E-state index is 0.0535. The lowest BCUT2D eigenvalue weighted by Gasteiger charge is -2.26.